The number of fused-ring (bicyclic) bond motifs is 1. The molecule has 0 amide bonds. The van der Waals surface area contributed by atoms with Crippen LogP contribution in [0.15, 0.2) is 64.0 Å². The first-order valence-electron chi connectivity index (χ1n) is 7.56. The van der Waals surface area contributed by atoms with Crippen LogP contribution in [0.2, 0.25) is 0 Å². The summed E-state index contributed by atoms with van der Waals surface area (Å²) in [5.74, 6) is 0.989. The summed E-state index contributed by atoms with van der Waals surface area (Å²) in [6.45, 7) is 2.31. The third-order valence-corrected chi connectivity index (χ3v) is 3.90. The van der Waals surface area contributed by atoms with Gasteiger partial charge in [-0.15, -0.1) is 0 Å². The Morgan fingerprint density at radius 3 is 2.75 bits per heavy atom. The van der Waals surface area contributed by atoms with Crippen molar-refractivity contribution in [3.63, 3.8) is 0 Å². The molecular weight excluding hydrogens is 304 g/mol. The van der Waals surface area contributed by atoms with Crippen LogP contribution in [0.4, 0.5) is 0 Å². The van der Waals surface area contributed by atoms with Crippen LogP contribution in [0, 0.1) is 6.92 Å². The molecule has 0 spiro atoms. The van der Waals surface area contributed by atoms with E-state index in [2.05, 4.69) is 15.2 Å². The smallest absolute Gasteiger partial charge is 0.248 e. The summed E-state index contributed by atoms with van der Waals surface area (Å²) in [5.41, 5.74) is 2.65. The van der Waals surface area contributed by atoms with Crippen molar-refractivity contribution in [1.82, 2.24) is 19.9 Å². The van der Waals surface area contributed by atoms with Gasteiger partial charge in [0, 0.05) is 10.9 Å². The summed E-state index contributed by atoms with van der Waals surface area (Å²) in [6.07, 6.45) is 1.31. The molecule has 2 aromatic carbocycles. The third kappa shape index (κ3) is 2.48. The number of aryl methyl sites for hydroxylation is 1. The van der Waals surface area contributed by atoms with E-state index in [1.807, 2.05) is 49.4 Å². The lowest BCUT2D eigenvalue weighted by Gasteiger charge is -2.05. The highest BCUT2D eigenvalue weighted by Gasteiger charge is 2.12. The minimum Gasteiger partial charge on any atom is -0.337 e. The second-order valence-corrected chi connectivity index (χ2v) is 5.51. The van der Waals surface area contributed by atoms with Crippen LogP contribution in [0.25, 0.3) is 22.3 Å². The van der Waals surface area contributed by atoms with Crippen molar-refractivity contribution in [2.75, 3.05) is 0 Å². The van der Waals surface area contributed by atoms with E-state index in [0.29, 0.717) is 23.6 Å². The Kier molecular flexibility index (Phi) is 3.42. The molecule has 0 aliphatic heterocycles. The topological polar surface area (TPSA) is 73.8 Å². The van der Waals surface area contributed by atoms with Gasteiger partial charge in [-0.3, -0.25) is 9.48 Å². The Morgan fingerprint density at radius 2 is 1.88 bits per heavy atom. The second kappa shape index (κ2) is 5.73. The van der Waals surface area contributed by atoms with E-state index in [1.54, 1.807) is 10.7 Å². The fourth-order valence-electron chi connectivity index (χ4n) is 2.67. The van der Waals surface area contributed by atoms with Gasteiger partial charge >= 0.3 is 0 Å². The quantitative estimate of drug-likeness (QED) is 0.581. The first-order valence-corrected chi connectivity index (χ1v) is 7.56. The summed E-state index contributed by atoms with van der Waals surface area (Å²) in [4.78, 5) is 16.3. The van der Waals surface area contributed by atoms with Crippen LogP contribution >= 0.6 is 0 Å². The number of benzene rings is 2. The van der Waals surface area contributed by atoms with Crippen molar-refractivity contribution in [1.29, 1.82) is 0 Å². The zero-order valence-corrected chi connectivity index (χ0v) is 13.0. The molecule has 0 fully saturated rings. The normalized spacial score (nSPS) is 11.0. The van der Waals surface area contributed by atoms with E-state index in [9.17, 15) is 4.79 Å². The zero-order chi connectivity index (χ0) is 16.5. The van der Waals surface area contributed by atoms with Crippen molar-refractivity contribution in [2.24, 2.45) is 0 Å². The fraction of sp³-hybridized carbons (Fsp3) is 0.111. The lowest BCUT2D eigenvalue weighted by atomic mass is 10.1. The summed E-state index contributed by atoms with van der Waals surface area (Å²) in [6, 6.07) is 15.2. The molecule has 4 aromatic rings. The predicted octanol–water partition coefficient (Wildman–Crippen LogP) is 2.80. The minimum absolute atomic E-state index is 0.104. The maximum Gasteiger partial charge on any atom is 0.248 e. The molecule has 118 valence electrons. The number of para-hydroxylation sites is 1. The number of hydrogen-bond acceptors (Lipinski definition) is 5. The van der Waals surface area contributed by atoms with Gasteiger partial charge in [0.15, 0.2) is 0 Å². The maximum atomic E-state index is 11.9. The highest BCUT2D eigenvalue weighted by molar-refractivity contribution is 5.77. The van der Waals surface area contributed by atoms with Crippen molar-refractivity contribution in [2.45, 2.75) is 13.5 Å². The summed E-state index contributed by atoms with van der Waals surface area (Å²) in [5, 5.41) is 8.85. The monoisotopic (exact) mass is 318 g/mol. The van der Waals surface area contributed by atoms with Gasteiger partial charge in [0.1, 0.15) is 6.54 Å². The molecule has 0 saturated carbocycles. The van der Waals surface area contributed by atoms with Crippen LogP contribution < -0.4 is 5.43 Å². The molecule has 0 aliphatic carbocycles. The van der Waals surface area contributed by atoms with Crippen molar-refractivity contribution >= 4 is 10.9 Å². The van der Waals surface area contributed by atoms with E-state index >= 15 is 0 Å². The highest BCUT2D eigenvalue weighted by atomic mass is 16.5. The molecule has 2 aromatic heterocycles. The van der Waals surface area contributed by atoms with Gasteiger partial charge in [0.2, 0.25) is 17.1 Å². The van der Waals surface area contributed by atoms with Gasteiger partial charge in [0.05, 0.1) is 11.7 Å². The highest BCUT2D eigenvalue weighted by Crippen LogP contribution is 2.20. The number of rotatable bonds is 3. The Bertz CT molecular complexity index is 1080. The first-order chi connectivity index (χ1) is 11.7. The van der Waals surface area contributed by atoms with Crippen LogP contribution in [0.5, 0.6) is 0 Å². The minimum atomic E-state index is -0.104. The molecule has 0 N–H and O–H groups in total. The Morgan fingerprint density at radius 1 is 1.08 bits per heavy atom. The van der Waals surface area contributed by atoms with Gasteiger partial charge in [-0.25, -0.2) is 0 Å². The molecular formula is C18H14N4O2. The molecule has 0 atom stereocenters. The second-order valence-electron chi connectivity index (χ2n) is 5.51. The Labute approximate surface area is 137 Å². The fourth-order valence-corrected chi connectivity index (χ4v) is 2.67. The summed E-state index contributed by atoms with van der Waals surface area (Å²) < 4.78 is 7.04. The molecule has 6 heteroatoms. The maximum absolute atomic E-state index is 11.9. The largest absolute Gasteiger partial charge is 0.337 e. The Hall–Kier alpha value is -3.28. The molecule has 0 aliphatic rings. The molecule has 0 radical (unpaired) electrons. The van der Waals surface area contributed by atoms with E-state index in [0.717, 1.165) is 16.6 Å². The SMILES string of the molecule is Cc1ccccc1-c1noc(Cn2ncc(=O)c3ccccc32)n1. The van der Waals surface area contributed by atoms with Crippen LogP contribution in [0.3, 0.4) is 0 Å². The van der Waals surface area contributed by atoms with Gasteiger partial charge in [-0.05, 0) is 24.6 Å². The molecule has 0 unspecified atom stereocenters. The first kappa shape index (κ1) is 14.3. The molecule has 24 heavy (non-hydrogen) atoms. The van der Waals surface area contributed by atoms with E-state index in [-0.39, 0.29) is 5.43 Å². The summed E-state index contributed by atoms with van der Waals surface area (Å²) >= 11 is 0. The lowest BCUT2D eigenvalue weighted by Crippen LogP contribution is -2.13. The van der Waals surface area contributed by atoms with Crippen molar-refractivity contribution < 1.29 is 4.52 Å². The lowest BCUT2D eigenvalue weighted by molar-refractivity contribution is 0.367. The van der Waals surface area contributed by atoms with Crippen LogP contribution in [-0.2, 0) is 6.54 Å². The predicted molar refractivity (Wildman–Crippen MR) is 89.6 cm³/mol. The average Bonchev–Trinajstić information content (AvgIpc) is 3.06. The number of hydrogen-bond donors (Lipinski definition) is 0. The Balaban J connectivity index is 1.72. The van der Waals surface area contributed by atoms with Crippen LogP contribution in [-0.4, -0.2) is 19.9 Å². The van der Waals surface area contributed by atoms with E-state index in [1.165, 1.54) is 6.20 Å². The van der Waals surface area contributed by atoms with Crippen molar-refractivity contribution in [3.8, 4) is 11.4 Å². The van der Waals surface area contributed by atoms with E-state index < -0.39 is 0 Å². The van der Waals surface area contributed by atoms with Gasteiger partial charge in [0.25, 0.3) is 0 Å². The van der Waals surface area contributed by atoms with Gasteiger partial charge in [-0.2, -0.15) is 10.1 Å². The molecule has 2 heterocycles. The number of aromatic nitrogens is 4. The van der Waals surface area contributed by atoms with Crippen molar-refractivity contribution in [3.05, 3.63) is 76.4 Å². The zero-order valence-electron chi connectivity index (χ0n) is 13.0. The molecule has 0 saturated heterocycles. The summed E-state index contributed by atoms with van der Waals surface area (Å²) in [7, 11) is 0. The van der Waals surface area contributed by atoms with Gasteiger partial charge < -0.3 is 4.52 Å². The van der Waals surface area contributed by atoms with Crippen LogP contribution in [0.1, 0.15) is 11.5 Å². The molecule has 0 bridgehead atoms. The average molecular weight is 318 g/mol. The van der Waals surface area contributed by atoms with E-state index in [4.69, 9.17) is 4.52 Å². The molecule has 4 rings (SSSR count). The molecule has 6 nitrogen and oxygen atoms in total. The third-order valence-electron chi connectivity index (χ3n) is 3.90. The standard InChI is InChI=1S/C18H14N4O2/c1-12-6-2-3-7-13(12)18-20-17(24-21-18)11-22-15-9-5-4-8-14(15)16(23)10-19-22/h2-10H,11H2,1H3. The van der Waals surface area contributed by atoms with Gasteiger partial charge in [-0.1, -0.05) is 41.6 Å². The number of nitrogens with zero attached hydrogens (tertiary/aromatic N) is 4.